The predicted octanol–water partition coefficient (Wildman–Crippen LogP) is 2.67. The van der Waals surface area contributed by atoms with Crippen molar-refractivity contribution in [3.05, 3.63) is 68.4 Å². The van der Waals surface area contributed by atoms with Gasteiger partial charge in [0.25, 0.3) is 11.5 Å². The fourth-order valence-corrected chi connectivity index (χ4v) is 3.73. The summed E-state index contributed by atoms with van der Waals surface area (Å²) in [7, 11) is 0. The fourth-order valence-electron chi connectivity index (χ4n) is 2.68. The molecule has 2 heterocycles. The molecule has 0 aliphatic heterocycles. The smallest absolute Gasteiger partial charge is 0.261 e. The predicted molar refractivity (Wildman–Crippen MR) is 95.7 cm³/mol. The molecule has 3 N–H and O–H groups in total. The summed E-state index contributed by atoms with van der Waals surface area (Å²) in [4.78, 5) is 27.6. The van der Waals surface area contributed by atoms with E-state index in [0.29, 0.717) is 11.3 Å². The first kappa shape index (κ1) is 16.4. The average Bonchev–Trinajstić information content (AvgIpc) is 2.95. The standard InChI is InChI=1S/C18H18N2O3S/c1-10-7-11(2)20-18(23)16(10)17(22)19-9-13(21)15-8-12-5-3-4-6-14(12)24-15/h3-8,13,21H,9H2,1-2H3,(H,19,22)(H,20,23). The number of benzene rings is 1. The molecule has 5 nitrogen and oxygen atoms in total. The summed E-state index contributed by atoms with van der Waals surface area (Å²) in [5, 5.41) is 14.0. The van der Waals surface area contributed by atoms with Crippen molar-refractivity contribution >= 4 is 27.3 Å². The minimum Gasteiger partial charge on any atom is -0.386 e. The van der Waals surface area contributed by atoms with Gasteiger partial charge in [0, 0.05) is 21.8 Å². The number of aromatic amines is 1. The number of rotatable bonds is 4. The number of carbonyl (C=O) groups excluding carboxylic acids is 1. The zero-order valence-corrected chi connectivity index (χ0v) is 14.2. The third kappa shape index (κ3) is 3.25. The molecule has 0 bridgehead atoms. The van der Waals surface area contributed by atoms with Crippen molar-refractivity contribution < 1.29 is 9.90 Å². The molecule has 0 fully saturated rings. The molecule has 0 saturated heterocycles. The van der Waals surface area contributed by atoms with E-state index in [1.54, 1.807) is 19.9 Å². The van der Waals surface area contributed by atoms with E-state index in [1.165, 1.54) is 11.3 Å². The Morgan fingerprint density at radius 3 is 2.75 bits per heavy atom. The fraction of sp³-hybridized carbons (Fsp3) is 0.222. The van der Waals surface area contributed by atoms with Gasteiger partial charge in [0.1, 0.15) is 11.7 Å². The second-order valence-corrected chi connectivity index (χ2v) is 6.87. The summed E-state index contributed by atoms with van der Waals surface area (Å²) >= 11 is 1.49. The zero-order chi connectivity index (χ0) is 17.3. The lowest BCUT2D eigenvalue weighted by Gasteiger charge is -2.11. The van der Waals surface area contributed by atoms with Crippen LogP contribution in [0.5, 0.6) is 0 Å². The lowest BCUT2D eigenvalue weighted by molar-refractivity contribution is 0.0916. The van der Waals surface area contributed by atoms with Crippen LogP contribution in [0.2, 0.25) is 0 Å². The quantitative estimate of drug-likeness (QED) is 0.682. The van der Waals surface area contributed by atoms with E-state index in [2.05, 4.69) is 10.3 Å². The first-order chi connectivity index (χ1) is 11.5. The van der Waals surface area contributed by atoms with Crippen LogP contribution in [0, 0.1) is 13.8 Å². The van der Waals surface area contributed by atoms with Crippen molar-refractivity contribution in [2.45, 2.75) is 20.0 Å². The first-order valence-electron chi connectivity index (χ1n) is 7.61. The van der Waals surface area contributed by atoms with Crippen LogP contribution in [0.3, 0.4) is 0 Å². The molecule has 0 aliphatic carbocycles. The molecule has 1 aromatic carbocycles. The molecular weight excluding hydrogens is 324 g/mol. The van der Waals surface area contributed by atoms with E-state index < -0.39 is 17.6 Å². The summed E-state index contributed by atoms with van der Waals surface area (Å²) in [6.07, 6.45) is -0.809. The number of thiophene rings is 1. The summed E-state index contributed by atoms with van der Waals surface area (Å²) < 4.78 is 1.09. The van der Waals surface area contributed by atoms with Gasteiger partial charge in [0.05, 0.1) is 0 Å². The zero-order valence-electron chi connectivity index (χ0n) is 13.4. The van der Waals surface area contributed by atoms with Gasteiger partial charge < -0.3 is 15.4 Å². The maximum Gasteiger partial charge on any atom is 0.261 e. The van der Waals surface area contributed by atoms with Crippen LogP contribution in [0.25, 0.3) is 10.1 Å². The number of carbonyl (C=O) groups is 1. The maximum atomic E-state index is 12.3. The van der Waals surface area contributed by atoms with Crippen molar-refractivity contribution in [1.29, 1.82) is 0 Å². The number of aliphatic hydroxyl groups is 1. The molecule has 3 rings (SSSR count). The van der Waals surface area contributed by atoms with Crippen LogP contribution in [-0.4, -0.2) is 22.5 Å². The summed E-state index contributed by atoms with van der Waals surface area (Å²) in [5.41, 5.74) is 0.995. The molecule has 2 aromatic heterocycles. The van der Waals surface area contributed by atoms with Gasteiger partial charge in [-0.3, -0.25) is 9.59 Å². The number of aromatic nitrogens is 1. The Bertz CT molecular complexity index is 925. The highest BCUT2D eigenvalue weighted by Crippen LogP contribution is 2.29. The second-order valence-electron chi connectivity index (χ2n) is 5.75. The highest BCUT2D eigenvalue weighted by Gasteiger charge is 2.17. The van der Waals surface area contributed by atoms with Crippen LogP contribution >= 0.6 is 11.3 Å². The summed E-state index contributed by atoms with van der Waals surface area (Å²) in [6.45, 7) is 3.54. The number of aliphatic hydroxyl groups excluding tert-OH is 1. The molecule has 6 heteroatoms. The van der Waals surface area contributed by atoms with Crippen LogP contribution in [-0.2, 0) is 0 Å². The molecular formula is C18H18N2O3S. The van der Waals surface area contributed by atoms with Crippen LogP contribution in [0.15, 0.2) is 41.2 Å². The first-order valence-corrected chi connectivity index (χ1v) is 8.42. The van der Waals surface area contributed by atoms with E-state index in [4.69, 9.17) is 0 Å². The number of hydrogen-bond donors (Lipinski definition) is 3. The van der Waals surface area contributed by atoms with Gasteiger partial charge in [-0.25, -0.2) is 0 Å². The molecule has 0 saturated carbocycles. The topological polar surface area (TPSA) is 82.2 Å². The Morgan fingerprint density at radius 1 is 1.29 bits per heavy atom. The van der Waals surface area contributed by atoms with Gasteiger partial charge in [-0.1, -0.05) is 18.2 Å². The van der Waals surface area contributed by atoms with Gasteiger partial charge >= 0.3 is 0 Å². The van der Waals surface area contributed by atoms with Gasteiger partial charge in [0.2, 0.25) is 0 Å². The Kier molecular flexibility index (Phi) is 4.51. The van der Waals surface area contributed by atoms with Crippen molar-refractivity contribution in [3.8, 4) is 0 Å². The Hall–Kier alpha value is -2.44. The number of H-pyrrole nitrogens is 1. The van der Waals surface area contributed by atoms with Crippen LogP contribution in [0.1, 0.15) is 32.6 Å². The molecule has 0 spiro atoms. The van der Waals surface area contributed by atoms with Crippen molar-refractivity contribution in [2.24, 2.45) is 0 Å². The second kappa shape index (κ2) is 6.59. The van der Waals surface area contributed by atoms with Crippen LogP contribution in [0.4, 0.5) is 0 Å². The Morgan fingerprint density at radius 2 is 2.04 bits per heavy atom. The molecule has 0 aliphatic rings. The third-order valence-electron chi connectivity index (χ3n) is 3.82. The summed E-state index contributed by atoms with van der Waals surface area (Å²) in [5.74, 6) is -0.478. The molecule has 0 radical (unpaired) electrons. The largest absolute Gasteiger partial charge is 0.386 e. The van der Waals surface area contributed by atoms with Crippen molar-refractivity contribution in [1.82, 2.24) is 10.3 Å². The SMILES string of the molecule is Cc1cc(C)c(C(=O)NCC(O)c2cc3ccccc3s2)c(=O)[nH]1. The molecule has 24 heavy (non-hydrogen) atoms. The molecule has 1 atom stereocenters. The monoisotopic (exact) mass is 342 g/mol. The minimum absolute atomic E-state index is 0.0540. The van der Waals surface area contributed by atoms with Gasteiger partial charge in [-0.05, 0) is 43.0 Å². The van der Waals surface area contributed by atoms with Crippen molar-refractivity contribution in [3.63, 3.8) is 0 Å². The van der Waals surface area contributed by atoms with E-state index in [1.807, 2.05) is 30.3 Å². The number of fused-ring (bicyclic) bond motifs is 1. The molecule has 1 amide bonds. The highest BCUT2D eigenvalue weighted by atomic mass is 32.1. The minimum atomic E-state index is -0.809. The molecule has 3 aromatic rings. The molecule has 124 valence electrons. The van der Waals surface area contributed by atoms with Gasteiger partial charge in [0.15, 0.2) is 0 Å². The number of pyridine rings is 1. The average molecular weight is 342 g/mol. The van der Waals surface area contributed by atoms with E-state index in [9.17, 15) is 14.7 Å². The van der Waals surface area contributed by atoms with Gasteiger partial charge in [-0.15, -0.1) is 11.3 Å². The lowest BCUT2D eigenvalue weighted by Crippen LogP contribution is -2.33. The Labute approximate surface area is 143 Å². The van der Waals surface area contributed by atoms with Crippen LogP contribution < -0.4 is 10.9 Å². The maximum absolute atomic E-state index is 12.3. The van der Waals surface area contributed by atoms with Crippen molar-refractivity contribution in [2.75, 3.05) is 6.54 Å². The Balaban J connectivity index is 1.73. The number of amides is 1. The summed E-state index contributed by atoms with van der Waals surface area (Å²) in [6, 6.07) is 11.5. The number of nitrogens with one attached hydrogen (secondary N) is 2. The van der Waals surface area contributed by atoms with E-state index >= 15 is 0 Å². The number of hydrogen-bond acceptors (Lipinski definition) is 4. The third-order valence-corrected chi connectivity index (χ3v) is 5.04. The number of aryl methyl sites for hydroxylation is 2. The molecule has 1 unspecified atom stereocenters. The highest BCUT2D eigenvalue weighted by molar-refractivity contribution is 7.19. The lowest BCUT2D eigenvalue weighted by atomic mass is 10.1. The van der Waals surface area contributed by atoms with E-state index in [-0.39, 0.29) is 12.1 Å². The van der Waals surface area contributed by atoms with Gasteiger partial charge in [-0.2, -0.15) is 0 Å². The normalized spacial score (nSPS) is 12.3. The van der Waals surface area contributed by atoms with E-state index in [0.717, 1.165) is 15.0 Å².